The minimum atomic E-state index is -4.45. The zero-order chi connectivity index (χ0) is 12.5. The summed E-state index contributed by atoms with van der Waals surface area (Å²) in [5.41, 5.74) is -0.184. The lowest BCUT2D eigenvalue weighted by atomic mass is 10.1. The average molecular weight is 239 g/mol. The SMILES string of the molecule is Oc1ccc(-c2cccc(C(F)(F)F)n2)cc1. The summed E-state index contributed by atoms with van der Waals surface area (Å²) in [4.78, 5) is 3.54. The van der Waals surface area contributed by atoms with E-state index >= 15 is 0 Å². The van der Waals surface area contributed by atoms with Gasteiger partial charge < -0.3 is 5.11 Å². The number of benzene rings is 1. The van der Waals surface area contributed by atoms with Crippen molar-refractivity contribution in [3.63, 3.8) is 0 Å². The van der Waals surface area contributed by atoms with E-state index in [2.05, 4.69) is 4.98 Å². The monoisotopic (exact) mass is 239 g/mol. The molecule has 0 spiro atoms. The first kappa shape index (κ1) is 11.4. The van der Waals surface area contributed by atoms with Crippen LogP contribution >= 0.6 is 0 Å². The number of aromatic hydroxyl groups is 1. The molecule has 0 unspecified atom stereocenters. The predicted octanol–water partition coefficient (Wildman–Crippen LogP) is 3.47. The van der Waals surface area contributed by atoms with Gasteiger partial charge in [-0.1, -0.05) is 6.07 Å². The maximum Gasteiger partial charge on any atom is 0.433 e. The lowest BCUT2D eigenvalue weighted by Gasteiger charge is -2.07. The van der Waals surface area contributed by atoms with Crippen LogP contribution in [-0.4, -0.2) is 10.1 Å². The van der Waals surface area contributed by atoms with Gasteiger partial charge in [0.2, 0.25) is 0 Å². The van der Waals surface area contributed by atoms with Crippen LogP contribution in [0.15, 0.2) is 42.5 Å². The lowest BCUT2D eigenvalue weighted by molar-refractivity contribution is -0.141. The molecule has 2 aromatic rings. The van der Waals surface area contributed by atoms with Crippen LogP contribution < -0.4 is 0 Å². The van der Waals surface area contributed by atoms with Gasteiger partial charge in [0.15, 0.2) is 0 Å². The molecule has 0 saturated carbocycles. The Labute approximate surface area is 95.4 Å². The Hall–Kier alpha value is -2.04. The molecule has 0 aliphatic heterocycles. The van der Waals surface area contributed by atoms with Gasteiger partial charge in [-0.3, -0.25) is 0 Å². The summed E-state index contributed by atoms with van der Waals surface area (Å²) in [6.45, 7) is 0. The number of pyridine rings is 1. The summed E-state index contributed by atoms with van der Waals surface area (Å²) >= 11 is 0. The molecule has 1 aromatic heterocycles. The highest BCUT2D eigenvalue weighted by Crippen LogP contribution is 2.29. The van der Waals surface area contributed by atoms with Crippen LogP contribution in [0.4, 0.5) is 13.2 Å². The summed E-state index contributed by atoms with van der Waals surface area (Å²) in [5.74, 6) is 0.0562. The molecule has 0 saturated heterocycles. The Kier molecular flexibility index (Phi) is 2.75. The Morgan fingerprint density at radius 3 is 2.18 bits per heavy atom. The van der Waals surface area contributed by atoms with Crippen LogP contribution in [0.1, 0.15) is 5.69 Å². The summed E-state index contributed by atoms with van der Waals surface area (Å²) in [6.07, 6.45) is -4.45. The van der Waals surface area contributed by atoms with Crippen LogP contribution in [0, 0.1) is 0 Å². The highest BCUT2D eigenvalue weighted by atomic mass is 19.4. The molecule has 1 heterocycles. The zero-order valence-corrected chi connectivity index (χ0v) is 8.57. The molecule has 17 heavy (non-hydrogen) atoms. The smallest absolute Gasteiger partial charge is 0.433 e. The van der Waals surface area contributed by atoms with Gasteiger partial charge in [-0.05, 0) is 36.4 Å². The van der Waals surface area contributed by atoms with Crippen LogP contribution in [-0.2, 0) is 6.18 Å². The van der Waals surface area contributed by atoms with Crippen molar-refractivity contribution in [3.05, 3.63) is 48.2 Å². The molecule has 0 atom stereocenters. The second-order valence-electron chi connectivity index (χ2n) is 3.45. The Morgan fingerprint density at radius 2 is 1.59 bits per heavy atom. The molecule has 0 amide bonds. The van der Waals surface area contributed by atoms with Crippen LogP contribution in [0.25, 0.3) is 11.3 Å². The van der Waals surface area contributed by atoms with Gasteiger partial charge in [0.1, 0.15) is 11.4 Å². The van der Waals surface area contributed by atoms with E-state index in [1.54, 1.807) is 0 Å². The van der Waals surface area contributed by atoms with Gasteiger partial charge >= 0.3 is 6.18 Å². The van der Waals surface area contributed by atoms with E-state index in [-0.39, 0.29) is 11.4 Å². The van der Waals surface area contributed by atoms with E-state index in [1.165, 1.54) is 36.4 Å². The highest BCUT2D eigenvalue weighted by Gasteiger charge is 2.32. The molecule has 1 N–H and O–H groups in total. The van der Waals surface area contributed by atoms with Gasteiger partial charge in [0, 0.05) is 5.56 Å². The van der Waals surface area contributed by atoms with Gasteiger partial charge in [0.25, 0.3) is 0 Å². The number of hydrogen-bond donors (Lipinski definition) is 1. The van der Waals surface area contributed by atoms with Gasteiger partial charge in [-0.2, -0.15) is 13.2 Å². The number of hydrogen-bond acceptors (Lipinski definition) is 2. The van der Waals surface area contributed by atoms with Crippen molar-refractivity contribution in [1.82, 2.24) is 4.98 Å². The van der Waals surface area contributed by atoms with E-state index in [4.69, 9.17) is 5.11 Å². The molecular weight excluding hydrogens is 231 g/mol. The number of aromatic nitrogens is 1. The average Bonchev–Trinajstić information content (AvgIpc) is 2.29. The van der Waals surface area contributed by atoms with Crippen molar-refractivity contribution in [2.45, 2.75) is 6.18 Å². The Bertz CT molecular complexity index is 520. The second kappa shape index (κ2) is 4.08. The van der Waals surface area contributed by atoms with Crippen molar-refractivity contribution >= 4 is 0 Å². The summed E-state index contributed by atoms with van der Waals surface area (Å²) in [5, 5.41) is 9.09. The zero-order valence-electron chi connectivity index (χ0n) is 8.57. The normalized spacial score (nSPS) is 11.5. The molecular formula is C12H8F3NO. The van der Waals surface area contributed by atoms with Crippen LogP contribution in [0.5, 0.6) is 5.75 Å². The van der Waals surface area contributed by atoms with Crippen molar-refractivity contribution in [2.24, 2.45) is 0 Å². The maximum absolute atomic E-state index is 12.4. The van der Waals surface area contributed by atoms with E-state index in [9.17, 15) is 13.2 Å². The second-order valence-corrected chi connectivity index (χ2v) is 3.45. The quantitative estimate of drug-likeness (QED) is 0.826. The first-order valence-electron chi connectivity index (χ1n) is 4.80. The van der Waals surface area contributed by atoms with E-state index in [1.807, 2.05) is 0 Å². The summed E-state index contributed by atoms with van der Waals surface area (Å²) in [6, 6.07) is 9.54. The third-order valence-electron chi connectivity index (χ3n) is 2.20. The van der Waals surface area contributed by atoms with Crippen molar-refractivity contribution in [2.75, 3.05) is 0 Å². The third kappa shape index (κ3) is 2.55. The first-order valence-corrected chi connectivity index (χ1v) is 4.80. The largest absolute Gasteiger partial charge is 0.508 e. The molecule has 0 aliphatic rings. The maximum atomic E-state index is 12.4. The van der Waals surface area contributed by atoms with E-state index in [0.717, 1.165) is 6.07 Å². The van der Waals surface area contributed by atoms with Crippen LogP contribution in [0.2, 0.25) is 0 Å². The van der Waals surface area contributed by atoms with Gasteiger partial charge in [-0.25, -0.2) is 4.98 Å². The van der Waals surface area contributed by atoms with Gasteiger partial charge in [0.05, 0.1) is 5.69 Å². The van der Waals surface area contributed by atoms with E-state index < -0.39 is 11.9 Å². The number of phenols is 1. The third-order valence-corrected chi connectivity index (χ3v) is 2.20. The Balaban J connectivity index is 2.43. The molecule has 5 heteroatoms. The molecule has 0 aliphatic carbocycles. The van der Waals surface area contributed by atoms with Gasteiger partial charge in [-0.15, -0.1) is 0 Å². The number of phenolic OH excluding ortho intramolecular Hbond substituents is 1. The number of halogens is 3. The number of rotatable bonds is 1. The molecule has 1 aromatic carbocycles. The van der Waals surface area contributed by atoms with Crippen LogP contribution in [0.3, 0.4) is 0 Å². The Morgan fingerprint density at radius 1 is 0.941 bits per heavy atom. The minimum absolute atomic E-state index is 0.0562. The van der Waals surface area contributed by atoms with Crippen molar-refractivity contribution < 1.29 is 18.3 Å². The topological polar surface area (TPSA) is 33.1 Å². The number of alkyl halides is 3. The molecule has 2 rings (SSSR count). The molecule has 2 nitrogen and oxygen atoms in total. The fourth-order valence-electron chi connectivity index (χ4n) is 1.39. The fraction of sp³-hybridized carbons (Fsp3) is 0.0833. The standard InChI is InChI=1S/C12H8F3NO/c13-12(14,15)11-3-1-2-10(16-11)8-4-6-9(17)7-5-8/h1-7,17H. The highest BCUT2D eigenvalue weighted by molar-refractivity contribution is 5.60. The first-order chi connectivity index (χ1) is 7.97. The predicted molar refractivity (Wildman–Crippen MR) is 56.3 cm³/mol. The molecule has 0 fully saturated rings. The number of nitrogens with zero attached hydrogens (tertiary/aromatic N) is 1. The molecule has 88 valence electrons. The van der Waals surface area contributed by atoms with E-state index in [0.29, 0.717) is 5.56 Å². The van der Waals surface area contributed by atoms with Crippen molar-refractivity contribution in [1.29, 1.82) is 0 Å². The van der Waals surface area contributed by atoms with Crippen molar-refractivity contribution in [3.8, 4) is 17.0 Å². The molecule has 0 bridgehead atoms. The minimum Gasteiger partial charge on any atom is -0.508 e. The summed E-state index contributed by atoms with van der Waals surface area (Å²) < 4.78 is 37.3. The molecule has 0 radical (unpaired) electrons. The fourth-order valence-corrected chi connectivity index (χ4v) is 1.39. The lowest BCUT2D eigenvalue weighted by Crippen LogP contribution is -2.07. The summed E-state index contributed by atoms with van der Waals surface area (Å²) in [7, 11) is 0.